The molecule has 0 saturated carbocycles. The third-order valence-corrected chi connectivity index (χ3v) is 4.52. The summed E-state index contributed by atoms with van der Waals surface area (Å²) >= 11 is 0. The number of hydrogen-bond acceptors (Lipinski definition) is 10. The van der Waals surface area contributed by atoms with E-state index in [1.54, 1.807) is 24.3 Å². The first kappa shape index (κ1) is 22.6. The first-order valence-electron chi connectivity index (χ1n) is 9.53. The zero-order valence-corrected chi connectivity index (χ0v) is 16.8. The maximum Gasteiger partial charge on any atom is 0.320 e. The first-order chi connectivity index (χ1) is 15.2. The zero-order valence-electron chi connectivity index (χ0n) is 16.8. The van der Waals surface area contributed by atoms with Crippen LogP contribution in [0.3, 0.4) is 0 Å². The van der Waals surface area contributed by atoms with Crippen LogP contribution in [0.5, 0.6) is 0 Å². The van der Waals surface area contributed by atoms with E-state index < -0.39 is 29.7 Å². The van der Waals surface area contributed by atoms with E-state index in [0.29, 0.717) is 16.9 Å². The Labute approximate surface area is 180 Å². The number of rotatable bonds is 10. The van der Waals surface area contributed by atoms with Crippen LogP contribution in [-0.4, -0.2) is 48.1 Å². The number of carbonyl (C=O) groups excluding carboxylic acids is 1. The molecule has 168 valence electrons. The Morgan fingerprint density at radius 3 is 2.56 bits per heavy atom. The van der Waals surface area contributed by atoms with E-state index in [4.69, 9.17) is 11.5 Å². The molecule has 0 fully saturated rings. The number of nitrogens with zero attached hydrogens (tertiary/aromatic N) is 3. The van der Waals surface area contributed by atoms with Crippen molar-refractivity contribution in [3.05, 3.63) is 52.1 Å². The molecule has 2 heterocycles. The molecule has 0 aliphatic heterocycles. The van der Waals surface area contributed by atoms with Crippen molar-refractivity contribution in [2.24, 2.45) is 5.73 Å². The van der Waals surface area contributed by atoms with E-state index in [2.05, 4.69) is 30.6 Å². The van der Waals surface area contributed by atoms with Crippen LogP contribution in [0.1, 0.15) is 30.3 Å². The number of carboxylic acid groups (broad SMARTS) is 1. The van der Waals surface area contributed by atoms with Crippen LogP contribution in [0.25, 0.3) is 11.2 Å². The Hall–Kier alpha value is -4.10. The number of carbonyl (C=O) groups is 2. The third-order valence-electron chi connectivity index (χ3n) is 4.52. The molecule has 32 heavy (non-hydrogen) atoms. The van der Waals surface area contributed by atoms with Crippen molar-refractivity contribution in [1.82, 2.24) is 25.3 Å². The summed E-state index contributed by atoms with van der Waals surface area (Å²) in [6.45, 7) is 0.265. The van der Waals surface area contributed by atoms with E-state index in [1.165, 1.54) is 6.20 Å². The minimum atomic E-state index is -1.25. The highest BCUT2D eigenvalue weighted by Gasteiger charge is 2.21. The van der Waals surface area contributed by atoms with Gasteiger partial charge in [0.2, 0.25) is 11.9 Å². The van der Waals surface area contributed by atoms with Gasteiger partial charge in [-0.3, -0.25) is 24.7 Å². The zero-order chi connectivity index (χ0) is 23.3. The van der Waals surface area contributed by atoms with Gasteiger partial charge in [-0.25, -0.2) is 9.97 Å². The van der Waals surface area contributed by atoms with Gasteiger partial charge in [0.05, 0.1) is 18.4 Å². The maximum atomic E-state index is 11.9. The molecule has 9 N–H and O–H groups in total. The van der Waals surface area contributed by atoms with Crippen molar-refractivity contribution in [3.8, 4) is 0 Å². The molecule has 13 nitrogen and oxygen atoms in total. The lowest BCUT2D eigenvalue weighted by Crippen LogP contribution is -2.39. The van der Waals surface area contributed by atoms with Gasteiger partial charge < -0.3 is 27.0 Å². The number of nitrogens with two attached hydrogens (primary N) is 2. The lowest BCUT2D eigenvalue weighted by atomic mass is 10.1. The second-order valence-electron chi connectivity index (χ2n) is 6.93. The lowest BCUT2D eigenvalue weighted by molar-refractivity contribution is -0.140. The Morgan fingerprint density at radius 2 is 1.91 bits per heavy atom. The molecule has 0 aliphatic rings. The van der Waals surface area contributed by atoms with Crippen LogP contribution in [0, 0.1) is 0 Å². The van der Waals surface area contributed by atoms with Crippen molar-refractivity contribution < 1.29 is 19.8 Å². The molecule has 13 heteroatoms. The van der Waals surface area contributed by atoms with E-state index in [9.17, 15) is 24.6 Å². The van der Waals surface area contributed by atoms with Crippen molar-refractivity contribution in [3.63, 3.8) is 0 Å². The van der Waals surface area contributed by atoms with Crippen LogP contribution < -0.4 is 27.7 Å². The normalized spacial score (nSPS) is 12.9. The van der Waals surface area contributed by atoms with Gasteiger partial charge in [-0.1, -0.05) is 12.1 Å². The topological polar surface area (TPSA) is 222 Å². The molecule has 2 unspecified atom stereocenters. The molecular formula is C19H22N8O5. The van der Waals surface area contributed by atoms with Gasteiger partial charge in [0.15, 0.2) is 11.2 Å². The van der Waals surface area contributed by atoms with Crippen LogP contribution in [-0.2, 0) is 16.1 Å². The highest BCUT2D eigenvalue weighted by atomic mass is 16.4. The van der Waals surface area contributed by atoms with E-state index in [0.717, 1.165) is 0 Å². The number of H-pyrrole nitrogens is 1. The number of aliphatic carboxylic acids is 1. The van der Waals surface area contributed by atoms with Crippen molar-refractivity contribution in [1.29, 1.82) is 0 Å². The van der Waals surface area contributed by atoms with Gasteiger partial charge in [0.25, 0.3) is 5.56 Å². The number of carboxylic acids is 1. The molecule has 1 aromatic carbocycles. The fourth-order valence-electron chi connectivity index (χ4n) is 2.88. The molecule has 3 aromatic rings. The number of nitrogen functional groups attached to an aromatic ring is 1. The number of aliphatic hydroxyl groups excluding tert-OH is 1. The van der Waals surface area contributed by atoms with Crippen LogP contribution in [0.4, 0.5) is 11.6 Å². The third kappa shape index (κ3) is 5.74. The highest BCUT2D eigenvalue weighted by molar-refractivity contribution is 5.77. The predicted octanol–water partition coefficient (Wildman–Crippen LogP) is -0.793. The Bertz CT molecular complexity index is 1180. The molecule has 3 rings (SSSR count). The Kier molecular flexibility index (Phi) is 6.92. The standard InChI is InChI=1S/C19H22N8O5/c20-13(28)6-5-12(18(31)32)25-16(29)9-1-3-10(4-2-9)22-7-11-8-23-15-14(24-11)17(30)27-19(21)26-15/h1-4,8,12,16,22,25,29H,5-7H2,(H2,20,28)(H,31,32)(H3,21,23,26,27,30). The number of amides is 1. The Balaban J connectivity index is 1.61. The number of aliphatic hydroxyl groups is 1. The number of hydrogen-bond donors (Lipinski definition) is 7. The predicted molar refractivity (Wildman–Crippen MR) is 114 cm³/mol. The summed E-state index contributed by atoms with van der Waals surface area (Å²) < 4.78 is 0. The van der Waals surface area contributed by atoms with Crippen molar-refractivity contribution >= 4 is 34.7 Å². The minimum Gasteiger partial charge on any atom is -0.480 e. The molecule has 0 bridgehead atoms. The number of aromatic amines is 1. The van der Waals surface area contributed by atoms with Crippen molar-refractivity contribution in [2.75, 3.05) is 11.1 Å². The van der Waals surface area contributed by atoms with Crippen LogP contribution in [0.15, 0.2) is 35.3 Å². The maximum absolute atomic E-state index is 11.9. The van der Waals surface area contributed by atoms with Gasteiger partial charge in [-0.15, -0.1) is 0 Å². The average molecular weight is 442 g/mol. The van der Waals surface area contributed by atoms with Gasteiger partial charge in [-0.05, 0) is 24.1 Å². The number of benzene rings is 1. The Morgan fingerprint density at radius 1 is 1.19 bits per heavy atom. The molecule has 0 aliphatic carbocycles. The smallest absolute Gasteiger partial charge is 0.320 e. The summed E-state index contributed by atoms with van der Waals surface area (Å²) in [4.78, 5) is 48.7. The first-order valence-corrected chi connectivity index (χ1v) is 9.53. The lowest BCUT2D eigenvalue weighted by Gasteiger charge is -2.19. The molecule has 2 aromatic heterocycles. The summed E-state index contributed by atoms with van der Waals surface area (Å²) in [5.74, 6) is -1.86. The molecule has 0 saturated heterocycles. The summed E-state index contributed by atoms with van der Waals surface area (Å²) in [6.07, 6.45) is 0.0588. The van der Waals surface area contributed by atoms with Crippen LogP contribution in [0.2, 0.25) is 0 Å². The molecule has 2 atom stereocenters. The van der Waals surface area contributed by atoms with Gasteiger partial charge in [0.1, 0.15) is 12.3 Å². The second kappa shape index (κ2) is 9.80. The number of fused-ring (bicyclic) bond motifs is 1. The SMILES string of the molecule is NC(=O)CCC(NC(O)c1ccc(NCc2cnc3nc(N)[nH]c(=O)c3n2)cc1)C(=O)O. The monoisotopic (exact) mass is 442 g/mol. The minimum absolute atomic E-state index is 0.0398. The van der Waals surface area contributed by atoms with Crippen molar-refractivity contribution in [2.45, 2.75) is 31.7 Å². The van der Waals surface area contributed by atoms with E-state index in [-0.39, 0.29) is 36.5 Å². The van der Waals surface area contributed by atoms with Gasteiger partial charge in [-0.2, -0.15) is 4.98 Å². The fraction of sp³-hybridized carbons (Fsp3) is 0.263. The van der Waals surface area contributed by atoms with E-state index in [1.807, 2.05) is 0 Å². The quantitative estimate of drug-likeness (QED) is 0.193. The highest BCUT2D eigenvalue weighted by Crippen LogP contribution is 2.17. The summed E-state index contributed by atoms with van der Waals surface area (Å²) in [7, 11) is 0. The number of primary amides is 1. The number of anilines is 2. The second-order valence-corrected chi connectivity index (χ2v) is 6.93. The molecule has 0 radical (unpaired) electrons. The number of nitrogens with one attached hydrogen (secondary N) is 3. The molecule has 1 amide bonds. The molecular weight excluding hydrogens is 420 g/mol. The number of aromatic nitrogens is 4. The summed E-state index contributed by atoms with van der Waals surface area (Å²) in [6, 6.07) is 5.45. The fourth-order valence-corrected chi connectivity index (χ4v) is 2.88. The average Bonchev–Trinajstić information content (AvgIpc) is 2.75. The summed E-state index contributed by atoms with van der Waals surface area (Å²) in [5, 5.41) is 25.2. The van der Waals surface area contributed by atoms with Gasteiger partial charge >= 0.3 is 5.97 Å². The van der Waals surface area contributed by atoms with E-state index >= 15 is 0 Å². The largest absolute Gasteiger partial charge is 0.480 e. The van der Waals surface area contributed by atoms with Gasteiger partial charge in [0, 0.05) is 12.1 Å². The summed E-state index contributed by atoms with van der Waals surface area (Å²) in [5.41, 5.74) is 11.9. The van der Waals surface area contributed by atoms with Crippen LogP contribution >= 0.6 is 0 Å². The molecule has 0 spiro atoms.